The Morgan fingerprint density at radius 1 is 1.50 bits per heavy atom. The van der Waals surface area contributed by atoms with Crippen molar-refractivity contribution in [3.63, 3.8) is 0 Å². The number of amides is 1. The van der Waals surface area contributed by atoms with E-state index in [-0.39, 0.29) is 39.1 Å². The largest absolute Gasteiger partial charge is 0.323 e. The van der Waals surface area contributed by atoms with Crippen LogP contribution in [0.5, 0.6) is 0 Å². The van der Waals surface area contributed by atoms with E-state index in [1.165, 1.54) is 23.9 Å². The summed E-state index contributed by atoms with van der Waals surface area (Å²) in [4.78, 5) is 11.7. The monoisotopic (exact) mass is 337 g/mol. The molecule has 0 saturated carbocycles. The molecule has 1 aliphatic rings. The Bertz CT molecular complexity index is 621. The Hall–Kier alpha value is -0.790. The SMILES string of the molecule is O=C(CSC1CCS(=O)(=O)C1)Nc1ccc(Cl)cc1F. The van der Waals surface area contributed by atoms with Crippen LogP contribution in [0.15, 0.2) is 18.2 Å². The summed E-state index contributed by atoms with van der Waals surface area (Å²) < 4.78 is 36.0. The number of sulfone groups is 1. The third-order valence-corrected chi connectivity index (χ3v) is 6.36. The summed E-state index contributed by atoms with van der Waals surface area (Å²) in [6, 6.07) is 3.99. The molecule has 110 valence electrons. The van der Waals surface area contributed by atoms with Crippen molar-refractivity contribution in [3.8, 4) is 0 Å². The zero-order valence-corrected chi connectivity index (χ0v) is 12.8. The summed E-state index contributed by atoms with van der Waals surface area (Å²) in [6.45, 7) is 0. The fourth-order valence-corrected chi connectivity index (χ4v) is 5.47. The van der Waals surface area contributed by atoms with Gasteiger partial charge in [0.05, 0.1) is 22.9 Å². The number of anilines is 1. The lowest BCUT2D eigenvalue weighted by molar-refractivity contribution is -0.113. The first-order valence-corrected chi connectivity index (χ1v) is 9.17. The Balaban J connectivity index is 1.84. The van der Waals surface area contributed by atoms with Crippen LogP contribution >= 0.6 is 23.4 Å². The van der Waals surface area contributed by atoms with Gasteiger partial charge in [-0.05, 0) is 24.6 Å². The van der Waals surface area contributed by atoms with E-state index in [1.54, 1.807) is 0 Å². The van der Waals surface area contributed by atoms with Gasteiger partial charge in [0.25, 0.3) is 0 Å². The maximum atomic E-state index is 13.5. The van der Waals surface area contributed by atoms with E-state index in [0.717, 1.165) is 6.07 Å². The van der Waals surface area contributed by atoms with Gasteiger partial charge in [0.15, 0.2) is 9.84 Å². The summed E-state index contributed by atoms with van der Waals surface area (Å²) in [6.07, 6.45) is 0.565. The zero-order valence-electron chi connectivity index (χ0n) is 10.4. The van der Waals surface area contributed by atoms with E-state index >= 15 is 0 Å². The molecule has 1 saturated heterocycles. The predicted octanol–water partition coefficient (Wildman–Crippen LogP) is 2.34. The van der Waals surface area contributed by atoms with Gasteiger partial charge in [-0.3, -0.25) is 4.79 Å². The molecule has 2 rings (SSSR count). The molecule has 1 aromatic carbocycles. The van der Waals surface area contributed by atoms with E-state index in [2.05, 4.69) is 5.32 Å². The highest BCUT2D eigenvalue weighted by Crippen LogP contribution is 2.25. The van der Waals surface area contributed by atoms with Gasteiger partial charge in [0, 0.05) is 10.3 Å². The molecule has 1 fully saturated rings. The topological polar surface area (TPSA) is 63.2 Å². The number of rotatable bonds is 4. The summed E-state index contributed by atoms with van der Waals surface area (Å²) in [7, 11) is -2.94. The lowest BCUT2D eigenvalue weighted by Gasteiger charge is -2.09. The fourth-order valence-electron chi connectivity index (χ4n) is 1.86. The fraction of sp³-hybridized carbons (Fsp3) is 0.417. The molecular weight excluding hydrogens is 325 g/mol. The predicted molar refractivity (Wildman–Crippen MR) is 79.6 cm³/mol. The normalized spacial score (nSPS) is 20.8. The van der Waals surface area contributed by atoms with Gasteiger partial charge in [-0.25, -0.2) is 12.8 Å². The molecular formula is C12H13ClFNO3S2. The number of nitrogens with one attached hydrogen (secondary N) is 1. The first-order valence-electron chi connectivity index (χ1n) is 5.93. The Labute approximate surface area is 126 Å². The second-order valence-electron chi connectivity index (χ2n) is 4.51. The summed E-state index contributed by atoms with van der Waals surface area (Å²) in [5, 5.41) is 2.64. The smallest absolute Gasteiger partial charge is 0.234 e. The van der Waals surface area contributed by atoms with Crippen LogP contribution < -0.4 is 5.32 Å². The molecule has 0 radical (unpaired) electrons. The van der Waals surface area contributed by atoms with E-state index < -0.39 is 15.7 Å². The van der Waals surface area contributed by atoms with Crippen LogP contribution in [0.2, 0.25) is 5.02 Å². The Morgan fingerprint density at radius 3 is 2.85 bits per heavy atom. The maximum absolute atomic E-state index is 13.5. The second-order valence-corrected chi connectivity index (χ2v) is 8.46. The first kappa shape index (κ1) is 15.6. The molecule has 8 heteroatoms. The van der Waals surface area contributed by atoms with Crippen molar-refractivity contribution < 1.29 is 17.6 Å². The number of hydrogen-bond donors (Lipinski definition) is 1. The molecule has 0 spiro atoms. The van der Waals surface area contributed by atoms with Crippen molar-refractivity contribution in [1.29, 1.82) is 0 Å². The van der Waals surface area contributed by atoms with Crippen molar-refractivity contribution in [3.05, 3.63) is 29.0 Å². The number of carbonyl (C=O) groups is 1. The van der Waals surface area contributed by atoms with E-state index in [1.807, 2.05) is 0 Å². The van der Waals surface area contributed by atoms with Crippen LogP contribution in [0, 0.1) is 5.82 Å². The molecule has 0 bridgehead atoms. The number of benzene rings is 1. The van der Waals surface area contributed by atoms with Crippen molar-refractivity contribution in [2.24, 2.45) is 0 Å². The van der Waals surface area contributed by atoms with E-state index in [9.17, 15) is 17.6 Å². The average Bonchev–Trinajstić information content (AvgIpc) is 2.70. The number of thioether (sulfide) groups is 1. The molecule has 1 unspecified atom stereocenters. The van der Waals surface area contributed by atoms with Crippen LogP contribution in [-0.2, 0) is 14.6 Å². The van der Waals surface area contributed by atoms with E-state index in [4.69, 9.17) is 11.6 Å². The molecule has 1 aliphatic heterocycles. The molecule has 4 nitrogen and oxygen atoms in total. The molecule has 1 N–H and O–H groups in total. The summed E-state index contributed by atoms with van der Waals surface area (Å²) >= 11 is 6.90. The number of hydrogen-bond acceptors (Lipinski definition) is 4. The van der Waals surface area contributed by atoms with Crippen LogP contribution in [0.1, 0.15) is 6.42 Å². The molecule has 1 amide bonds. The highest BCUT2D eigenvalue weighted by molar-refractivity contribution is 8.02. The van der Waals surface area contributed by atoms with Crippen LogP contribution in [0.4, 0.5) is 10.1 Å². The minimum atomic E-state index is -2.94. The first-order chi connectivity index (χ1) is 9.35. The third-order valence-electron chi connectivity index (χ3n) is 2.85. The van der Waals surface area contributed by atoms with Gasteiger partial charge in [-0.15, -0.1) is 11.8 Å². The summed E-state index contributed by atoms with van der Waals surface area (Å²) in [5.74, 6) is -0.569. The van der Waals surface area contributed by atoms with Crippen molar-refractivity contribution >= 4 is 44.8 Å². The Morgan fingerprint density at radius 2 is 2.25 bits per heavy atom. The second kappa shape index (κ2) is 6.32. The minimum Gasteiger partial charge on any atom is -0.323 e. The number of halogens is 2. The van der Waals surface area contributed by atoms with Gasteiger partial charge in [0.1, 0.15) is 5.82 Å². The third kappa shape index (κ3) is 4.36. The molecule has 1 aromatic rings. The van der Waals surface area contributed by atoms with E-state index in [0.29, 0.717) is 6.42 Å². The molecule has 1 atom stereocenters. The quantitative estimate of drug-likeness (QED) is 0.916. The van der Waals surface area contributed by atoms with Crippen LogP contribution in [0.3, 0.4) is 0 Å². The number of carbonyl (C=O) groups excluding carboxylic acids is 1. The van der Waals surface area contributed by atoms with Crippen molar-refractivity contribution in [2.75, 3.05) is 22.6 Å². The van der Waals surface area contributed by atoms with Gasteiger partial charge in [0.2, 0.25) is 5.91 Å². The molecule has 1 heterocycles. The van der Waals surface area contributed by atoms with Crippen LogP contribution in [0.25, 0.3) is 0 Å². The van der Waals surface area contributed by atoms with Gasteiger partial charge < -0.3 is 5.32 Å². The maximum Gasteiger partial charge on any atom is 0.234 e. The van der Waals surface area contributed by atoms with Gasteiger partial charge in [-0.2, -0.15) is 0 Å². The molecule has 0 aromatic heterocycles. The molecule has 0 aliphatic carbocycles. The van der Waals surface area contributed by atoms with Crippen molar-refractivity contribution in [1.82, 2.24) is 0 Å². The molecule has 20 heavy (non-hydrogen) atoms. The Kier molecular flexibility index (Phi) is 4.93. The van der Waals surface area contributed by atoms with Gasteiger partial charge >= 0.3 is 0 Å². The highest BCUT2D eigenvalue weighted by Gasteiger charge is 2.28. The zero-order chi connectivity index (χ0) is 14.8. The average molecular weight is 338 g/mol. The highest BCUT2D eigenvalue weighted by atomic mass is 35.5. The standard InChI is InChI=1S/C12H13ClFNO3S2/c13-8-1-2-11(10(14)5-8)15-12(16)6-19-9-3-4-20(17,18)7-9/h1-2,5,9H,3-4,6-7H2,(H,15,16). The lowest BCUT2D eigenvalue weighted by atomic mass is 10.3. The van der Waals surface area contributed by atoms with Gasteiger partial charge in [-0.1, -0.05) is 11.6 Å². The van der Waals surface area contributed by atoms with Crippen LogP contribution in [-0.4, -0.2) is 36.8 Å². The lowest BCUT2D eigenvalue weighted by Crippen LogP contribution is -2.17. The minimum absolute atomic E-state index is 0.0548. The van der Waals surface area contributed by atoms with Crippen molar-refractivity contribution in [2.45, 2.75) is 11.7 Å². The summed E-state index contributed by atoms with van der Waals surface area (Å²) in [5.41, 5.74) is 0.0686.